The lowest BCUT2D eigenvalue weighted by Crippen LogP contribution is -2.58. The van der Waals surface area contributed by atoms with Crippen LogP contribution in [0.4, 0.5) is 0 Å². The van der Waals surface area contributed by atoms with E-state index in [0.717, 1.165) is 0 Å². The van der Waals surface area contributed by atoms with Gasteiger partial charge >= 0.3 is 5.97 Å². The first-order valence-electron chi connectivity index (χ1n) is 9.13. The van der Waals surface area contributed by atoms with Crippen LogP contribution in [-0.4, -0.2) is 82.4 Å². The molecular weight excluding hydrogens is 434 g/mol. The lowest BCUT2D eigenvalue weighted by Gasteiger charge is -2.23. The number of aliphatic carboxylic acids is 1. The Morgan fingerprint density at radius 2 is 1.12 bits per heavy atom. The molecule has 0 aliphatic rings. The number of carbonyl (C=O) groups is 7. The fourth-order valence-corrected chi connectivity index (χ4v) is 2.26. The lowest BCUT2D eigenvalue weighted by atomic mass is 10.1. The van der Waals surface area contributed by atoms with Crippen molar-refractivity contribution >= 4 is 41.4 Å². The summed E-state index contributed by atoms with van der Waals surface area (Å²) in [7, 11) is 0. The molecule has 0 radical (unpaired) electrons. The zero-order valence-electron chi connectivity index (χ0n) is 16.9. The summed E-state index contributed by atoms with van der Waals surface area (Å²) in [5, 5.41) is 24.4. The molecule has 6 amide bonds. The number of hydrogen-bond acceptors (Lipinski definition) is 9. The average Bonchev–Trinajstić information content (AvgIpc) is 2.67. The van der Waals surface area contributed by atoms with Gasteiger partial charge in [-0.2, -0.15) is 0 Å². The summed E-state index contributed by atoms with van der Waals surface area (Å²) in [4.78, 5) is 80.8. The summed E-state index contributed by atoms with van der Waals surface area (Å²) in [5.41, 5.74) is 20.5. The average molecular weight is 461 g/mol. The maximum Gasteiger partial charge on any atom is 0.326 e. The SMILES string of the molecule is NC(=O)CCC(N)C(=O)NC(CC(N)=O)C(=O)NC(CO)C(=O)NC(CC(N)=O)C(=O)O. The minimum Gasteiger partial charge on any atom is -0.480 e. The van der Waals surface area contributed by atoms with Crippen LogP contribution in [0, 0.1) is 0 Å². The lowest BCUT2D eigenvalue weighted by molar-refractivity contribution is -0.144. The van der Waals surface area contributed by atoms with Gasteiger partial charge in [0.15, 0.2) is 0 Å². The first-order chi connectivity index (χ1) is 14.8. The zero-order valence-corrected chi connectivity index (χ0v) is 16.9. The number of amides is 6. The molecule has 0 aliphatic heterocycles. The van der Waals surface area contributed by atoms with E-state index in [0.29, 0.717) is 0 Å². The summed E-state index contributed by atoms with van der Waals surface area (Å²) in [6.45, 7) is -1.00. The largest absolute Gasteiger partial charge is 0.480 e. The monoisotopic (exact) mass is 461 g/mol. The third-order valence-corrected chi connectivity index (χ3v) is 3.91. The Balaban J connectivity index is 5.26. The number of carboxylic acid groups (broad SMARTS) is 1. The number of aliphatic hydroxyl groups is 1. The molecule has 0 aromatic carbocycles. The molecule has 0 heterocycles. The molecule has 180 valence electrons. The van der Waals surface area contributed by atoms with Crippen LogP contribution < -0.4 is 38.9 Å². The molecule has 0 saturated carbocycles. The molecule has 0 saturated heterocycles. The second kappa shape index (κ2) is 13.5. The van der Waals surface area contributed by atoms with Crippen LogP contribution in [0.25, 0.3) is 0 Å². The van der Waals surface area contributed by atoms with E-state index in [9.17, 15) is 38.7 Å². The predicted octanol–water partition coefficient (Wildman–Crippen LogP) is -6.14. The molecule has 13 N–H and O–H groups in total. The molecule has 0 aliphatic carbocycles. The molecule has 4 unspecified atom stereocenters. The highest BCUT2D eigenvalue weighted by Gasteiger charge is 2.31. The van der Waals surface area contributed by atoms with Crippen LogP contribution in [0.15, 0.2) is 0 Å². The number of nitrogens with two attached hydrogens (primary N) is 4. The summed E-state index contributed by atoms with van der Waals surface area (Å²) in [6.07, 6.45) is -1.83. The van der Waals surface area contributed by atoms with Crippen molar-refractivity contribution in [1.82, 2.24) is 16.0 Å². The summed E-state index contributed by atoms with van der Waals surface area (Å²) >= 11 is 0. The van der Waals surface area contributed by atoms with Gasteiger partial charge in [-0.15, -0.1) is 0 Å². The number of aliphatic hydroxyl groups excluding tert-OH is 1. The van der Waals surface area contributed by atoms with E-state index in [-0.39, 0.29) is 12.8 Å². The number of carboxylic acids is 1. The third-order valence-electron chi connectivity index (χ3n) is 3.91. The second-order valence-corrected chi connectivity index (χ2v) is 6.66. The zero-order chi connectivity index (χ0) is 25.0. The molecule has 0 fully saturated rings. The fourth-order valence-electron chi connectivity index (χ4n) is 2.26. The van der Waals surface area contributed by atoms with Crippen LogP contribution in [0.3, 0.4) is 0 Å². The number of hydrogen-bond donors (Lipinski definition) is 9. The van der Waals surface area contributed by atoms with E-state index in [4.69, 9.17) is 28.0 Å². The quantitative estimate of drug-likeness (QED) is 0.111. The van der Waals surface area contributed by atoms with Crippen molar-refractivity contribution in [3.8, 4) is 0 Å². The summed E-state index contributed by atoms with van der Waals surface area (Å²) in [6, 6.07) is -6.31. The van der Waals surface area contributed by atoms with Gasteiger partial charge in [0.2, 0.25) is 35.4 Å². The Kier molecular flexibility index (Phi) is 11.9. The Bertz CT molecular complexity index is 758. The highest BCUT2D eigenvalue weighted by Crippen LogP contribution is 2.00. The van der Waals surface area contributed by atoms with Crippen molar-refractivity contribution in [2.45, 2.75) is 49.9 Å². The predicted molar refractivity (Wildman–Crippen MR) is 105 cm³/mol. The Morgan fingerprint density at radius 3 is 1.56 bits per heavy atom. The van der Waals surface area contributed by atoms with Crippen molar-refractivity contribution < 1.29 is 43.8 Å². The molecule has 4 atom stereocenters. The maximum absolute atomic E-state index is 12.4. The summed E-state index contributed by atoms with van der Waals surface area (Å²) < 4.78 is 0. The Hall–Kier alpha value is -3.79. The van der Waals surface area contributed by atoms with Crippen molar-refractivity contribution in [2.75, 3.05) is 6.61 Å². The van der Waals surface area contributed by atoms with Crippen molar-refractivity contribution in [3.05, 3.63) is 0 Å². The molecule has 0 bridgehead atoms. The van der Waals surface area contributed by atoms with Gasteiger partial charge < -0.3 is 49.1 Å². The molecule has 16 nitrogen and oxygen atoms in total. The molecule has 0 rings (SSSR count). The molecule has 32 heavy (non-hydrogen) atoms. The van der Waals surface area contributed by atoms with E-state index in [1.54, 1.807) is 0 Å². The normalized spacial score (nSPS) is 14.2. The topological polar surface area (TPSA) is 300 Å². The van der Waals surface area contributed by atoms with Gasteiger partial charge in [0, 0.05) is 6.42 Å². The fraction of sp³-hybridized carbons (Fsp3) is 0.562. The van der Waals surface area contributed by atoms with Gasteiger partial charge in [0.25, 0.3) is 0 Å². The van der Waals surface area contributed by atoms with Crippen LogP contribution in [0.1, 0.15) is 25.7 Å². The molecule has 0 aromatic heterocycles. The molecule has 0 aromatic rings. The Labute approximate surface area is 181 Å². The highest BCUT2D eigenvalue weighted by atomic mass is 16.4. The third kappa shape index (κ3) is 10.8. The first-order valence-corrected chi connectivity index (χ1v) is 9.13. The van der Waals surface area contributed by atoms with Gasteiger partial charge in [-0.1, -0.05) is 0 Å². The highest BCUT2D eigenvalue weighted by molar-refractivity contribution is 5.96. The van der Waals surface area contributed by atoms with Crippen LogP contribution in [0.5, 0.6) is 0 Å². The van der Waals surface area contributed by atoms with Crippen molar-refractivity contribution in [3.63, 3.8) is 0 Å². The molecule has 16 heteroatoms. The number of rotatable bonds is 15. The van der Waals surface area contributed by atoms with E-state index in [2.05, 4.69) is 5.32 Å². The van der Waals surface area contributed by atoms with E-state index >= 15 is 0 Å². The van der Waals surface area contributed by atoms with Crippen LogP contribution in [-0.2, 0) is 33.6 Å². The minimum atomic E-state index is -1.73. The van der Waals surface area contributed by atoms with Gasteiger partial charge in [-0.3, -0.25) is 28.8 Å². The maximum atomic E-state index is 12.4. The number of carbonyl (C=O) groups excluding carboxylic acids is 6. The van der Waals surface area contributed by atoms with Gasteiger partial charge in [-0.25, -0.2) is 4.79 Å². The smallest absolute Gasteiger partial charge is 0.326 e. The van der Waals surface area contributed by atoms with Crippen molar-refractivity contribution in [1.29, 1.82) is 0 Å². The minimum absolute atomic E-state index is 0.149. The van der Waals surface area contributed by atoms with Crippen LogP contribution in [0.2, 0.25) is 0 Å². The summed E-state index contributed by atoms with van der Waals surface area (Å²) in [5.74, 6) is -7.58. The van der Waals surface area contributed by atoms with Gasteiger partial charge in [0.1, 0.15) is 18.1 Å². The van der Waals surface area contributed by atoms with Crippen molar-refractivity contribution in [2.24, 2.45) is 22.9 Å². The standard InChI is InChI=1S/C16H27N7O9/c17-6(1-2-10(18)25)13(28)21-7(3-11(19)26)14(29)23-9(5-24)15(30)22-8(16(31)32)4-12(20)27/h6-9,24H,1-5,17H2,(H2,18,25)(H2,19,26)(H2,20,27)(H,21,28)(H,22,30)(H,23,29)(H,31,32). The van der Waals surface area contributed by atoms with E-state index < -0.39 is 85.0 Å². The van der Waals surface area contributed by atoms with E-state index in [1.807, 2.05) is 10.6 Å². The molecular formula is C16H27N7O9. The van der Waals surface area contributed by atoms with Gasteiger partial charge in [-0.05, 0) is 6.42 Å². The first kappa shape index (κ1) is 28.2. The number of nitrogens with one attached hydrogen (secondary N) is 3. The van der Waals surface area contributed by atoms with E-state index in [1.165, 1.54) is 0 Å². The number of primary amides is 3. The second-order valence-electron chi connectivity index (χ2n) is 6.66. The molecule has 0 spiro atoms. The van der Waals surface area contributed by atoms with Gasteiger partial charge in [0.05, 0.1) is 25.5 Å². The van der Waals surface area contributed by atoms with Crippen LogP contribution >= 0.6 is 0 Å². The Morgan fingerprint density at radius 1 is 0.688 bits per heavy atom.